The molecule has 1 aromatic heterocycles. The van der Waals surface area contributed by atoms with E-state index in [1.165, 1.54) is 25.7 Å². The van der Waals surface area contributed by atoms with E-state index in [0.29, 0.717) is 23.5 Å². The fourth-order valence-corrected chi connectivity index (χ4v) is 2.63. The van der Waals surface area contributed by atoms with Gasteiger partial charge in [0.05, 0.1) is 6.54 Å². The second kappa shape index (κ2) is 5.14. The van der Waals surface area contributed by atoms with Gasteiger partial charge >= 0.3 is 5.97 Å². The largest absolute Gasteiger partial charge is 0.478 e. The molecule has 0 amide bonds. The van der Waals surface area contributed by atoms with Crippen molar-refractivity contribution in [1.82, 2.24) is 5.32 Å². The minimum atomic E-state index is -0.925. The smallest absolute Gasteiger partial charge is 0.339 e. The number of nitrogens with one attached hydrogen (secondary N) is 1. The summed E-state index contributed by atoms with van der Waals surface area (Å²) in [5, 5.41) is 12.3. The van der Waals surface area contributed by atoms with Crippen LogP contribution in [0, 0.1) is 12.3 Å². The number of carbonyl (C=O) groups is 1. The van der Waals surface area contributed by atoms with Crippen molar-refractivity contribution in [2.45, 2.75) is 46.1 Å². The van der Waals surface area contributed by atoms with Crippen molar-refractivity contribution >= 4 is 5.97 Å². The summed E-state index contributed by atoms with van der Waals surface area (Å²) >= 11 is 0. The van der Waals surface area contributed by atoms with Crippen LogP contribution >= 0.6 is 0 Å². The molecule has 1 saturated carbocycles. The van der Waals surface area contributed by atoms with Crippen molar-refractivity contribution in [2.24, 2.45) is 5.41 Å². The van der Waals surface area contributed by atoms with Gasteiger partial charge in [0.2, 0.25) is 0 Å². The standard InChI is InChI=1S/C14H21NO3/c1-3-14(5-4-6-14)9-15-8-11-7-12(13(16)17)10(2)18-11/h7,15H,3-6,8-9H2,1-2H3,(H,16,17). The van der Waals surface area contributed by atoms with Gasteiger partial charge in [0.15, 0.2) is 0 Å². The van der Waals surface area contributed by atoms with Gasteiger partial charge in [-0.05, 0) is 37.7 Å². The fraction of sp³-hybridized carbons (Fsp3) is 0.643. The molecular weight excluding hydrogens is 230 g/mol. The van der Waals surface area contributed by atoms with Gasteiger partial charge in [0.25, 0.3) is 0 Å². The first-order chi connectivity index (χ1) is 8.56. The zero-order valence-corrected chi connectivity index (χ0v) is 11.1. The number of carboxylic acids is 1. The van der Waals surface area contributed by atoms with Gasteiger partial charge in [-0.15, -0.1) is 0 Å². The molecule has 4 heteroatoms. The van der Waals surface area contributed by atoms with Gasteiger partial charge in [-0.2, -0.15) is 0 Å². The maximum Gasteiger partial charge on any atom is 0.339 e. The zero-order valence-electron chi connectivity index (χ0n) is 11.1. The van der Waals surface area contributed by atoms with E-state index in [1.807, 2.05) is 0 Å². The lowest BCUT2D eigenvalue weighted by Crippen LogP contribution is -2.39. The van der Waals surface area contributed by atoms with Gasteiger partial charge < -0.3 is 14.8 Å². The molecule has 0 radical (unpaired) electrons. The number of aryl methyl sites for hydroxylation is 1. The van der Waals surface area contributed by atoms with Crippen LogP contribution in [0.25, 0.3) is 0 Å². The highest BCUT2D eigenvalue weighted by molar-refractivity contribution is 5.88. The average Bonchev–Trinajstić information content (AvgIpc) is 2.64. The Labute approximate surface area is 107 Å². The quantitative estimate of drug-likeness (QED) is 0.816. The number of furan rings is 1. The molecular formula is C14H21NO3. The predicted molar refractivity (Wildman–Crippen MR) is 68.7 cm³/mol. The molecule has 18 heavy (non-hydrogen) atoms. The summed E-state index contributed by atoms with van der Waals surface area (Å²) in [7, 11) is 0. The molecule has 0 unspecified atom stereocenters. The van der Waals surface area contributed by atoms with E-state index in [1.54, 1.807) is 13.0 Å². The van der Waals surface area contributed by atoms with Gasteiger partial charge in [-0.25, -0.2) is 4.79 Å². The lowest BCUT2D eigenvalue weighted by atomic mass is 9.67. The zero-order chi connectivity index (χ0) is 13.2. The summed E-state index contributed by atoms with van der Waals surface area (Å²) in [5.74, 6) is 0.259. The Bertz CT molecular complexity index is 427. The van der Waals surface area contributed by atoms with E-state index < -0.39 is 5.97 Å². The summed E-state index contributed by atoms with van der Waals surface area (Å²) in [4.78, 5) is 10.9. The molecule has 1 aliphatic rings. The highest BCUT2D eigenvalue weighted by Gasteiger charge is 2.34. The first-order valence-electron chi connectivity index (χ1n) is 6.60. The fourth-order valence-electron chi connectivity index (χ4n) is 2.63. The number of hydrogen-bond donors (Lipinski definition) is 2. The molecule has 0 saturated heterocycles. The van der Waals surface area contributed by atoms with E-state index in [2.05, 4.69) is 12.2 Å². The van der Waals surface area contributed by atoms with Gasteiger partial charge in [-0.1, -0.05) is 13.3 Å². The topological polar surface area (TPSA) is 62.5 Å². The van der Waals surface area contributed by atoms with Crippen LogP contribution in [0.5, 0.6) is 0 Å². The molecule has 1 heterocycles. The molecule has 2 N–H and O–H groups in total. The monoisotopic (exact) mass is 251 g/mol. The lowest BCUT2D eigenvalue weighted by molar-refractivity contribution is 0.0695. The molecule has 0 aromatic carbocycles. The normalized spacial score (nSPS) is 17.4. The van der Waals surface area contributed by atoms with Crippen LogP contribution in [0.2, 0.25) is 0 Å². The molecule has 1 aromatic rings. The van der Waals surface area contributed by atoms with E-state index in [4.69, 9.17) is 9.52 Å². The Morgan fingerprint density at radius 3 is 2.72 bits per heavy atom. The molecule has 1 fully saturated rings. The molecule has 2 rings (SSSR count). The third-order valence-electron chi connectivity index (χ3n) is 4.16. The summed E-state index contributed by atoms with van der Waals surface area (Å²) in [6.07, 6.45) is 5.14. The SMILES string of the molecule is CCC1(CNCc2cc(C(=O)O)c(C)o2)CCC1. The Kier molecular flexibility index (Phi) is 3.76. The lowest BCUT2D eigenvalue weighted by Gasteiger charge is -2.41. The van der Waals surface area contributed by atoms with Crippen LogP contribution in [-0.2, 0) is 6.54 Å². The highest BCUT2D eigenvalue weighted by Crippen LogP contribution is 2.43. The van der Waals surface area contributed by atoms with Gasteiger partial charge in [-0.3, -0.25) is 0 Å². The summed E-state index contributed by atoms with van der Waals surface area (Å²) in [6, 6.07) is 1.62. The number of hydrogen-bond acceptors (Lipinski definition) is 3. The van der Waals surface area contributed by atoms with Crippen molar-refractivity contribution in [1.29, 1.82) is 0 Å². The Morgan fingerprint density at radius 1 is 1.56 bits per heavy atom. The van der Waals surface area contributed by atoms with Crippen LogP contribution in [0.4, 0.5) is 0 Å². The van der Waals surface area contributed by atoms with Crippen LogP contribution in [0.1, 0.15) is 54.5 Å². The van der Waals surface area contributed by atoms with E-state index in [-0.39, 0.29) is 5.56 Å². The molecule has 0 bridgehead atoms. The third kappa shape index (κ3) is 2.58. The highest BCUT2D eigenvalue weighted by atomic mass is 16.4. The summed E-state index contributed by atoms with van der Waals surface area (Å²) in [6.45, 7) is 5.52. The van der Waals surface area contributed by atoms with Crippen LogP contribution in [0.3, 0.4) is 0 Å². The maximum atomic E-state index is 10.9. The van der Waals surface area contributed by atoms with Crippen molar-refractivity contribution < 1.29 is 14.3 Å². The van der Waals surface area contributed by atoms with Crippen LogP contribution < -0.4 is 5.32 Å². The van der Waals surface area contributed by atoms with Crippen molar-refractivity contribution in [3.8, 4) is 0 Å². The van der Waals surface area contributed by atoms with Crippen molar-refractivity contribution in [3.63, 3.8) is 0 Å². The van der Waals surface area contributed by atoms with Crippen molar-refractivity contribution in [2.75, 3.05) is 6.54 Å². The third-order valence-corrected chi connectivity index (χ3v) is 4.16. The number of carboxylic acid groups (broad SMARTS) is 1. The number of rotatable bonds is 6. The molecule has 1 aliphatic carbocycles. The molecule has 0 spiro atoms. The molecule has 0 atom stereocenters. The van der Waals surface area contributed by atoms with Crippen molar-refractivity contribution in [3.05, 3.63) is 23.2 Å². The minimum Gasteiger partial charge on any atom is -0.478 e. The summed E-state index contributed by atoms with van der Waals surface area (Å²) in [5.41, 5.74) is 0.734. The van der Waals surface area contributed by atoms with E-state index in [0.717, 1.165) is 6.54 Å². The predicted octanol–water partition coefficient (Wildman–Crippen LogP) is 2.96. The second-order valence-electron chi connectivity index (χ2n) is 5.30. The average molecular weight is 251 g/mol. The van der Waals surface area contributed by atoms with Crippen LogP contribution in [-0.4, -0.2) is 17.6 Å². The maximum absolute atomic E-state index is 10.9. The molecule has 0 aliphatic heterocycles. The summed E-state index contributed by atoms with van der Waals surface area (Å²) < 4.78 is 5.43. The first kappa shape index (κ1) is 13.1. The van der Waals surface area contributed by atoms with E-state index in [9.17, 15) is 4.79 Å². The Morgan fingerprint density at radius 2 is 2.28 bits per heavy atom. The minimum absolute atomic E-state index is 0.264. The molecule has 100 valence electrons. The first-order valence-corrected chi connectivity index (χ1v) is 6.60. The van der Waals surface area contributed by atoms with E-state index >= 15 is 0 Å². The Balaban J connectivity index is 1.87. The van der Waals surface area contributed by atoms with Crippen LogP contribution in [0.15, 0.2) is 10.5 Å². The van der Waals surface area contributed by atoms with Gasteiger partial charge in [0.1, 0.15) is 17.1 Å². The number of aromatic carboxylic acids is 1. The van der Waals surface area contributed by atoms with Gasteiger partial charge in [0, 0.05) is 6.54 Å². The Hall–Kier alpha value is -1.29. The molecule has 4 nitrogen and oxygen atoms in total. The second-order valence-corrected chi connectivity index (χ2v) is 5.30.